The number of nitrogens with zero attached hydrogens (tertiary/aromatic N) is 1. The lowest BCUT2D eigenvalue weighted by atomic mass is 10.1. The molecule has 0 amide bonds. The molecule has 1 aliphatic heterocycles. The fraction of sp³-hybridized carbons (Fsp3) is 0.0952. The summed E-state index contributed by atoms with van der Waals surface area (Å²) < 4.78 is 67.4. The highest BCUT2D eigenvalue weighted by atomic mass is 32.2. The predicted molar refractivity (Wildman–Crippen MR) is 113 cm³/mol. The molecular weight excluding hydrogens is 449 g/mol. The van der Waals surface area contributed by atoms with Crippen LogP contribution in [0.25, 0.3) is 0 Å². The number of anilines is 2. The number of rotatable bonds is 4. The van der Waals surface area contributed by atoms with Gasteiger partial charge in [-0.05, 0) is 29.1 Å². The van der Waals surface area contributed by atoms with E-state index in [-0.39, 0.29) is 22.8 Å². The van der Waals surface area contributed by atoms with Gasteiger partial charge in [-0.3, -0.25) is 9.10 Å². The molecule has 31 heavy (non-hydrogen) atoms. The Morgan fingerprint density at radius 3 is 2.39 bits per heavy atom. The summed E-state index contributed by atoms with van der Waals surface area (Å²) in [6.45, 7) is -0.0172. The first kappa shape index (κ1) is 21.1. The van der Waals surface area contributed by atoms with Crippen LogP contribution in [0.1, 0.15) is 20.8 Å². The molecule has 2 heterocycles. The highest BCUT2D eigenvalue weighted by Gasteiger charge is 2.41. The zero-order chi connectivity index (χ0) is 22.2. The molecule has 1 aromatic heterocycles. The molecule has 0 unspecified atom stereocenters. The molecule has 0 spiro atoms. The zero-order valence-electron chi connectivity index (χ0n) is 15.8. The number of Topliss-reactive ketones (excluding diaryl/α,β-unsaturated/α-hetero) is 1. The number of thiophene rings is 1. The molecule has 1 aliphatic rings. The van der Waals surface area contributed by atoms with E-state index >= 15 is 0 Å². The molecule has 0 fully saturated rings. The molecule has 1 N–H and O–H groups in total. The summed E-state index contributed by atoms with van der Waals surface area (Å²) in [4.78, 5) is 12.5. The Morgan fingerprint density at radius 1 is 1.00 bits per heavy atom. The van der Waals surface area contributed by atoms with Gasteiger partial charge >= 0.3 is 6.18 Å². The van der Waals surface area contributed by atoms with Gasteiger partial charge in [-0.25, -0.2) is 8.42 Å². The summed E-state index contributed by atoms with van der Waals surface area (Å²) in [5, 5.41) is 3.98. The van der Waals surface area contributed by atoms with E-state index in [9.17, 15) is 26.4 Å². The van der Waals surface area contributed by atoms with Crippen molar-refractivity contribution in [1.29, 1.82) is 0 Å². The van der Waals surface area contributed by atoms with Crippen LogP contribution in [-0.4, -0.2) is 14.2 Å². The van der Waals surface area contributed by atoms with Gasteiger partial charge < -0.3 is 5.32 Å². The van der Waals surface area contributed by atoms with Crippen molar-refractivity contribution in [2.75, 3.05) is 9.62 Å². The van der Waals surface area contributed by atoms with E-state index < -0.39 is 32.5 Å². The second-order valence-electron chi connectivity index (χ2n) is 6.66. The third-order valence-corrected chi connectivity index (χ3v) is 7.34. The minimum Gasteiger partial charge on any atom is -0.360 e. The van der Waals surface area contributed by atoms with Crippen LogP contribution in [-0.2, 0) is 22.7 Å². The molecule has 3 aromatic rings. The fourth-order valence-corrected chi connectivity index (χ4v) is 5.69. The molecule has 0 saturated heterocycles. The highest BCUT2D eigenvalue weighted by Crippen LogP contribution is 2.40. The quantitative estimate of drug-likeness (QED) is 0.536. The van der Waals surface area contributed by atoms with Crippen LogP contribution in [0.4, 0.5) is 24.5 Å². The first-order valence-electron chi connectivity index (χ1n) is 9.01. The average Bonchev–Trinajstić information content (AvgIpc) is 3.21. The van der Waals surface area contributed by atoms with Crippen LogP contribution in [0.5, 0.6) is 0 Å². The van der Waals surface area contributed by atoms with Gasteiger partial charge in [0.2, 0.25) is 5.78 Å². The minimum absolute atomic E-state index is 0.0172. The predicted octanol–water partition coefficient (Wildman–Crippen LogP) is 5.25. The van der Waals surface area contributed by atoms with E-state index in [1.165, 1.54) is 12.1 Å². The third-order valence-electron chi connectivity index (χ3n) is 4.67. The van der Waals surface area contributed by atoms with Crippen molar-refractivity contribution in [3.8, 4) is 0 Å². The largest absolute Gasteiger partial charge is 0.418 e. The Morgan fingerprint density at radius 2 is 1.68 bits per heavy atom. The van der Waals surface area contributed by atoms with Crippen molar-refractivity contribution >= 4 is 38.5 Å². The van der Waals surface area contributed by atoms with Crippen molar-refractivity contribution in [3.05, 3.63) is 93.2 Å². The number of allylic oxidation sites excluding steroid dienone is 1. The van der Waals surface area contributed by atoms with Gasteiger partial charge in [0.15, 0.2) is 4.91 Å². The number of carbonyl (C=O) groups excluding carboxylic acids is 1. The first-order chi connectivity index (χ1) is 14.7. The topological polar surface area (TPSA) is 66.5 Å². The van der Waals surface area contributed by atoms with Gasteiger partial charge in [-0.15, -0.1) is 11.3 Å². The lowest BCUT2D eigenvalue weighted by molar-refractivity contribution is -0.136. The van der Waals surface area contributed by atoms with Crippen molar-refractivity contribution < 1.29 is 26.4 Å². The molecule has 0 bridgehead atoms. The van der Waals surface area contributed by atoms with Crippen LogP contribution in [0, 0.1) is 0 Å². The van der Waals surface area contributed by atoms with Crippen molar-refractivity contribution in [2.24, 2.45) is 0 Å². The molecule has 0 saturated carbocycles. The molecule has 10 heteroatoms. The van der Waals surface area contributed by atoms with E-state index in [4.69, 9.17) is 0 Å². The number of carbonyl (C=O) groups is 1. The second kappa shape index (κ2) is 7.86. The molecule has 0 atom stereocenters. The molecule has 4 rings (SSSR count). The number of para-hydroxylation sites is 1. The normalized spacial score (nSPS) is 16.9. The maximum atomic E-state index is 13.3. The lowest BCUT2D eigenvalue weighted by Crippen LogP contribution is -2.38. The number of hydrogen-bond acceptors (Lipinski definition) is 5. The summed E-state index contributed by atoms with van der Waals surface area (Å²) in [6, 6.07) is 15.0. The maximum Gasteiger partial charge on any atom is 0.418 e. The number of alkyl halides is 3. The van der Waals surface area contributed by atoms with Crippen LogP contribution in [0.3, 0.4) is 0 Å². The summed E-state index contributed by atoms with van der Waals surface area (Å²) in [6.07, 6.45) is -3.80. The third kappa shape index (κ3) is 3.96. The van der Waals surface area contributed by atoms with E-state index in [0.717, 1.165) is 34.0 Å². The van der Waals surface area contributed by atoms with Crippen molar-refractivity contribution in [3.63, 3.8) is 0 Å². The summed E-state index contributed by atoms with van der Waals surface area (Å²) in [5.41, 5.74) is -0.360. The van der Waals surface area contributed by atoms with Gasteiger partial charge in [0.05, 0.1) is 23.5 Å². The van der Waals surface area contributed by atoms with Crippen molar-refractivity contribution in [2.45, 2.75) is 12.7 Å². The Kier molecular flexibility index (Phi) is 5.36. The summed E-state index contributed by atoms with van der Waals surface area (Å²) in [7, 11) is -4.31. The van der Waals surface area contributed by atoms with Gasteiger partial charge in [0.1, 0.15) is 4.88 Å². The molecule has 0 radical (unpaired) electrons. The summed E-state index contributed by atoms with van der Waals surface area (Å²) >= 11 is 1.08. The Balaban J connectivity index is 1.76. The van der Waals surface area contributed by atoms with Gasteiger partial charge in [-0.1, -0.05) is 42.5 Å². The van der Waals surface area contributed by atoms with Gasteiger partial charge in [-0.2, -0.15) is 13.2 Å². The average molecular weight is 464 g/mol. The molecular formula is C21H15F3N2O3S2. The van der Waals surface area contributed by atoms with Crippen LogP contribution in [0.15, 0.2) is 77.1 Å². The monoisotopic (exact) mass is 464 g/mol. The van der Waals surface area contributed by atoms with E-state index in [1.54, 1.807) is 41.8 Å². The maximum absolute atomic E-state index is 13.3. The number of sulfonamides is 1. The SMILES string of the molecule is O=C1/C(=C/Nc2ccccc2C(F)(F)F)S(=O)(=O)N(Cc2ccccc2)c2ccsc21. The van der Waals surface area contributed by atoms with Crippen LogP contribution in [0.2, 0.25) is 0 Å². The number of fused-ring (bicyclic) bond motifs is 1. The van der Waals surface area contributed by atoms with Crippen LogP contribution < -0.4 is 9.62 Å². The highest BCUT2D eigenvalue weighted by molar-refractivity contribution is 7.97. The second-order valence-corrected chi connectivity index (χ2v) is 9.40. The summed E-state index contributed by atoms with van der Waals surface area (Å²) in [5.74, 6) is -0.758. The van der Waals surface area contributed by atoms with E-state index in [2.05, 4.69) is 5.32 Å². The Bertz CT molecular complexity index is 1270. The number of halogens is 3. The lowest BCUT2D eigenvalue weighted by Gasteiger charge is -2.29. The number of nitrogens with one attached hydrogen (secondary N) is 1. The van der Waals surface area contributed by atoms with Gasteiger partial charge in [0, 0.05) is 6.20 Å². The molecule has 5 nitrogen and oxygen atoms in total. The number of hydrogen-bond donors (Lipinski definition) is 1. The molecule has 160 valence electrons. The Hall–Kier alpha value is -3.11. The van der Waals surface area contributed by atoms with Crippen molar-refractivity contribution in [1.82, 2.24) is 0 Å². The first-order valence-corrected chi connectivity index (χ1v) is 11.3. The van der Waals surface area contributed by atoms with Gasteiger partial charge in [0.25, 0.3) is 10.0 Å². The van der Waals surface area contributed by atoms with Crippen LogP contribution >= 0.6 is 11.3 Å². The zero-order valence-corrected chi connectivity index (χ0v) is 17.4. The number of ketones is 1. The standard InChI is InChI=1S/C21H15F3N2O3S2/c22-21(23,24)15-8-4-5-9-16(15)25-12-18-19(27)20-17(10-11-30-20)26(31(18,28)29)13-14-6-2-1-3-7-14/h1-12,25H,13H2/b18-12-. The van der Waals surface area contributed by atoms with E-state index in [1.807, 2.05) is 0 Å². The number of benzene rings is 2. The fourth-order valence-electron chi connectivity index (χ4n) is 3.20. The van der Waals surface area contributed by atoms with E-state index in [0.29, 0.717) is 5.56 Å². The molecule has 0 aliphatic carbocycles. The Labute approximate surface area is 180 Å². The molecule has 2 aromatic carbocycles. The smallest absolute Gasteiger partial charge is 0.360 e. The minimum atomic E-state index is -4.64.